The van der Waals surface area contributed by atoms with E-state index < -0.39 is 0 Å². The van der Waals surface area contributed by atoms with Crippen LogP contribution in [0.3, 0.4) is 0 Å². The molecule has 3 aromatic rings. The Kier molecular flexibility index (Phi) is 6.94. The number of fused-ring (bicyclic) bond motifs is 1. The van der Waals surface area contributed by atoms with Crippen LogP contribution in [0.15, 0.2) is 54.6 Å². The van der Waals surface area contributed by atoms with E-state index in [0.29, 0.717) is 29.2 Å². The smallest absolute Gasteiger partial charge is 0.203 e. The van der Waals surface area contributed by atoms with Gasteiger partial charge in [-0.05, 0) is 81.5 Å². The Balaban J connectivity index is 1.56. The van der Waals surface area contributed by atoms with Gasteiger partial charge in [-0.15, -0.1) is 0 Å². The number of aryl methyl sites for hydroxylation is 2. The van der Waals surface area contributed by atoms with Crippen molar-refractivity contribution in [3.8, 4) is 17.2 Å². The van der Waals surface area contributed by atoms with Crippen molar-refractivity contribution < 1.29 is 24.1 Å². The van der Waals surface area contributed by atoms with Crippen LogP contribution in [-0.2, 0) is 19.6 Å². The molecule has 0 bridgehead atoms. The zero-order valence-electron chi connectivity index (χ0n) is 20.3. The molecule has 0 unspecified atom stereocenters. The molecule has 178 valence electrons. The van der Waals surface area contributed by atoms with Gasteiger partial charge >= 0.3 is 0 Å². The minimum absolute atomic E-state index is 0.156. The maximum absolute atomic E-state index is 13.3. The van der Waals surface area contributed by atoms with Crippen LogP contribution in [0.25, 0.3) is 0 Å². The molecule has 0 atom stereocenters. The average molecular weight is 461 g/mol. The van der Waals surface area contributed by atoms with Crippen molar-refractivity contribution in [2.24, 2.45) is 0 Å². The number of ketones is 1. The Hall–Kier alpha value is -3.31. The SMILES string of the molecule is Cc1cc(OCc2ccccc2)c(C(=O)COc2c(CO)ccc3c2CCC(C)(C)O3)cc1C. The van der Waals surface area contributed by atoms with Crippen molar-refractivity contribution in [2.75, 3.05) is 6.61 Å². The molecule has 1 N–H and O–H groups in total. The lowest BCUT2D eigenvalue weighted by atomic mass is 9.92. The highest BCUT2D eigenvalue weighted by Crippen LogP contribution is 2.40. The Bertz CT molecular complexity index is 1180. The number of benzene rings is 3. The molecule has 0 radical (unpaired) electrons. The second kappa shape index (κ2) is 9.90. The van der Waals surface area contributed by atoms with Crippen molar-refractivity contribution in [1.29, 1.82) is 0 Å². The maximum Gasteiger partial charge on any atom is 0.203 e. The van der Waals surface area contributed by atoms with Gasteiger partial charge in [0.1, 0.15) is 29.5 Å². The monoisotopic (exact) mass is 460 g/mol. The largest absolute Gasteiger partial charge is 0.488 e. The first-order chi connectivity index (χ1) is 16.3. The van der Waals surface area contributed by atoms with Gasteiger partial charge in [-0.2, -0.15) is 0 Å². The molecular formula is C29H32O5. The summed E-state index contributed by atoms with van der Waals surface area (Å²) in [4.78, 5) is 13.3. The predicted octanol–water partition coefficient (Wildman–Crippen LogP) is 5.74. The number of rotatable bonds is 8. The number of aliphatic hydroxyl groups is 1. The first kappa shape index (κ1) is 23.8. The van der Waals surface area contributed by atoms with Crippen LogP contribution in [0, 0.1) is 13.8 Å². The number of carbonyl (C=O) groups excluding carboxylic acids is 1. The first-order valence-electron chi connectivity index (χ1n) is 11.7. The van der Waals surface area contributed by atoms with E-state index in [-0.39, 0.29) is 24.6 Å². The summed E-state index contributed by atoms with van der Waals surface area (Å²) in [5.41, 5.74) is 4.88. The van der Waals surface area contributed by atoms with Gasteiger partial charge in [0.2, 0.25) is 5.78 Å². The third-order valence-corrected chi connectivity index (χ3v) is 6.31. The van der Waals surface area contributed by atoms with E-state index in [2.05, 4.69) is 13.8 Å². The molecule has 5 nitrogen and oxygen atoms in total. The van der Waals surface area contributed by atoms with Crippen molar-refractivity contribution in [1.82, 2.24) is 0 Å². The van der Waals surface area contributed by atoms with E-state index in [9.17, 15) is 9.90 Å². The summed E-state index contributed by atoms with van der Waals surface area (Å²) in [6.07, 6.45) is 1.59. The predicted molar refractivity (Wildman–Crippen MR) is 132 cm³/mol. The minimum Gasteiger partial charge on any atom is -0.488 e. The third kappa shape index (κ3) is 5.26. The highest BCUT2D eigenvalue weighted by molar-refractivity contribution is 6.00. The normalized spacial score (nSPS) is 14.1. The summed E-state index contributed by atoms with van der Waals surface area (Å²) in [5.74, 6) is 1.65. The van der Waals surface area contributed by atoms with Gasteiger partial charge in [0, 0.05) is 11.1 Å². The zero-order chi connectivity index (χ0) is 24.3. The Morgan fingerprint density at radius 3 is 2.50 bits per heavy atom. The summed E-state index contributed by atoms with van der Waals surface area (Å²) in [7, 11) is 0. The second-order valence-electron chi connectivity index (χ2n) is 9.47. The number of carbonyl (C=O) groups is 1. The van der Waals surface area contributed by atoms with Gasteiger partial charge in [0.05, 0.1) is 12.2 Å². The quantitative estimate of drug-likeness (QED) is 0.434. The van der Waals surface area contributed by atoms with E-state index >= 15 is 0 Å². The summed E-state index contributed by atoms with van der Waals surface area (Å²) in [6, 6.07) is 17.3. The number of hydrogen-bond acceptors (Lipinski definition) is 5. The van der Waals surface area contributed by atoms with Gasteiger partial charge in [0.15, 0.2) is 6.61 Å². The van der Waals surface area contributed by atoms with Gasteiger partial charge in [-0.25, -0.2) is 0 Å². The van der Waals surface area contributed by atoms with Crippen LogP contribution in [0.5, 0.6) is 17.2 Å². The molecule has 1 aliphatic heterocycles. The van der Waals surface area contributed by atoms with Crippen LogP contribution in [0.1, 0.15) is 58.4 Å². The van der Waals surface area contributed by atoms with E-state index in [1.807, 2.05) is 62.4 Å². The van der Waals surface area contributed by atoms with Crippen LogP contribution >= 0.6 is 0 Å². The van der Waals surface area contributed by atoms with Gasteiger partial charge in [-0.1, -0.05) is 30.3 Å². The fourth-order valence-electron chi connectivity index (χ4n) is 4.15. The number of aliphatic hydroxyl groups excluding tert-OH is 1. The highest BCUT2D eigenvalue weighted by atomic mass is 16.5. The van der Waals surface area contributed by atoms with Crippen LogP contribution < -0.4 is 14.2 Å². The van der Waals surface area contributed by atoms with Gasteiger partial charge in [0.25, 0.3) is 0 Å². The van der Waals surface area contributed by atoms with E-state index in [4.69, 9.17) is 14.2 Å². The molecule has 0 aromatic heterocycles. The van der Waals surface area contributed by atoms with Gasteiger partial charge in [-0.3, -0.25) is 4.79 Å². The molecule has 1 aliphatic rings. The van der Waals surface area contributed by atoms with Gasteiger partial charge < -0.3 is 19.3 Å². The summed E-state index contributed by atoms with van der Waals surface area (Å²) >= 11 is 0. The molecular weight excluding hydrogens is 428 g/mol. The highest BCUT2D eigenvalue weighted by Gasteiger charge is 2.30. The molecule has 0 spiro atoms. The lowest BCUT2D eigenvalue weighted by Gasteiger charge is -2.33. The Morgan fingerprint density at radius 1 is 1.03 bits per heavy atom. The van der Waals surface area contributed by atoms with Crippen molar-refractivity contribution in [3.63, 3.8) is 0 Å². The summed E-state index contributed by atoms with van der Waals surface area (Å²) in [6.45, 7) is 8.13. The fraction of sp³-hybridized carbons (Fsp3) is 0.345. The molecule has 1 heterocycles. The molecule has 0 amide bonds. The number of Topliss-reactive ketones (excluding diaryl/α,β-unsaturated/α-hetero) is 1. The molecule has 0 fully saturated rings. The average Bonchev–Trinajstić information content (AvgIpc) is 2.82. The summed E-state index contributed by atoms with van der Waals surface area (Å²) in [5, 5.41) is 9.87. The zero-order valence-corrected chi connectivity index (χ0v) is 20.3. The first-order valence-corrected chi connectivity index (χ1v) is 11.7. The number of ether oxygens (including phenoxy) is 3. The molecule has 4 rings (SSSR count). The molecule has 3 aromatic carbocycles. The topological polar surface area (TPSA) is 65.0 Å². The van der Waals surface area contributed by atoms with Crippen molar-refractivity contribution >= 4 is 5.78 Å². The van der Waals surface area contributed by atoms with Crippen LogP contribution in [0.4, 0.5) is 0 Å². The lowest BCUT2D eigenvalue weighted by Crippen LogP contribution is -2.33. The fourth-order valence-corrected chi connectivity index (χ4v) is 4.15. The van der Waals surface area contributed by atoms with E-state index in [1.54, 1.807) is 6.07 Å². The molecule has 0 saturated heterocycles. The van der Waals surface area contributed by atoms with E-state index in [1.165, 1.54) is 0 Å². The Morgan fingerprint density at radius 2 is 1.76 bits per heavy atom. The lowest BCUT2D eigenvalue weighted by molar-refractivity contribution is 0.0812. The maximum atomic E-state index is 13.3. The molecule has 0 saturated carbocycles. The second-order valence-corrected chi connectivity index (χ2v) is 9.47. The van der Waals surface area contributed by atoms with Crippen molar-refractivity contribution in [2.45, 2.75) is 59.4 Å². The standard InChI is InChI=1S/C29H32O5/c1-19-14-24(27(15-20(19)2)32-17-21-8-6-5-7-9-21)25(31)18-33-28-22(16-30)10-11-26-23(28)12-13-29(3,4)34-26/h5-11,14-15,30H,12-13,16-18H2,1-4H3. The minimum atomic E-state index is -0.259. The van der Waals surface area contributed by atoms with Crippen LogP contribution in [-0.4, -0.2) is 23.1 Å². The van der Waals surface area contributed by atoms with Crippen molar-refractivity contribution in [3.05, 3.63) is 88.0 Å². The Labute approximate surface area is 201 Å². The van der Waals surface area contributed by atoms with Crippen LogP contribution in [0.2, 0.25) is 0 Å². The van der Waals surface area contributed by atoms with E-state index in [0.717, 1.165) is 40.8 Å². The molecule has 0 aliphatic carbocycles. The molecule has 5 heteroatoms. The third-order valence-electron chi connectivity index (χ3n) is 6.31. The molecule has 34 heavy (non-hydrogen) atoms. The number of hydrogen-bond donors (Lipinski definition) is 1. The summed E-state index contributed by atoms with van der Waals surface area (Å²) < 4.78 is 18.2.